The van der Waals surface area contributed by atoms with Crippen LogP contribution in [-0.2, 0) is 4.74 Å². The average Bonchev–Trinajstić information content (AvgIpc) is 2.93. The van der Waals surface area contributed by atoms with E-state index >= 15 is 0 Å². The molecule has 0 radical (unpaired) electrons. The van der Waals surface area contributed by atoms with Gasteiger partial charge in [0.2, 0.25) is 0 Å². The maximum Gasteiger partial charge on any atom is 0.278 e. The highest BCUT2D eigenvalue weighted by Gasteiger charge is 2.34. The number of aliphatic hydroxyl groups excluding tert-OH is 1. The van der Waals surface area contributed by atoms with Crippen molar-refractivity contribution in [3.63, 3.8) is 0 Å². The minimum atomic E-state index is -0.371. The highest BCUT2D eigenvalue weighted by Crippen LogP contribution is 2.33. The fourth-order valence-corrected chi connectivity index (χ4v) is 2.60. The number of aromatic amines is 1. The van der Waals surface area contributed by atoms with Gasteiger partial charge in [-0.25, -0.2) is 9.97 Å². The van der Waals surface area contributed by atoms with E-state index in [1.165, 1.54) is 12.7 Å². The molecule has 0 amide bonds. The summed E-state index contributed by atoms with van der Waals surface area (Å²) in [5.41, 5.74) is 0.446. The van der Waals surface area contributed by atoms with Crippen LogP contribution < -0.4 is 5.56 Å². The molecule has 2 aromatic rings. The maximum atomic E-state index is 11.5. The summed E-state index contributed by atoms with van der Waals surface area (Å²) >= 11 is 4.44. The molecule has 3 heterocycles. The first-order chi connectivity index (χ1) is 8.70. The van der Waals surface area contributed by atoms with Gasteiger partial charge in [0.15, 0.2) is 11.2 Å². The molecule has 1 saturated heterocycles. The molecule has 18 heavy (non-hydrogen) atoms. The summed E-state index contributed by atoms with van der Waals surface area (Å²) in [5, 5.41) is 9.03. The smallest absolute Gasteiger partial charge is 0.278 e. The van der Waals surface area contributed by atoms with E-state index < -0.39 is 0 Å². The number of fused-ring (bicyclic) bond motifs is 1. The minimum Gasteiger partial charge on any atom is -0.394 e. The Kier molecular flexibility index (Phi) is 2.84. The minimum absolute atomic E-state index is 0.0474. The Hall–Kier alpha value is -1.38. The van der Waals surface area contributed by atoms with Gasteiger partial charge in [-0.15, -0.1) is 0 Å². The van der Waals surface area contributed by atoms with Crippen molar-refractivity contribution in [1.29, 1.82) is 0 Å². The lowest BCUT2D eigenvalue weighted by atomic mass is 10.2. The average molecular weight is 268 g/mol. The molecular formula is C10H12N4O3S. The van der Waals surface area contributed by atoms with E-state index in [-0.39, 0.29) is 35.3 Å². The summed E-state index contributed by atoms with van der Waals surface area (Å²) in [6.45, 7) is -0.0474. The molecule has 1 fully saturated rings. The number of rotatable bonds is 2. The van der Waals surface area contributed by atoms with E-state index in [2.05, 4.69) is 27.6 Å². The van der Waals surface area contributed by atoms with Crippen LogP contribution in [0.4, 0.5) is 0 Å². The lowest BCUT2D eigenvalue weighted by Crippen LogP contribution is -2.17. The molecule has 96 valence electrons. The standard InChI is InChI=1S/C10H12N4O3S/c15-2-5-1-6(18)10(17-5)14-4-13-7-8(14)11-3-12-9(7)16/h3-6,10,15,18H,1-2H2,(H,11,12,16)/t5-,6+,10+/m0/s1. The van der Waals surface area contributed by atoms with Gasteiger partial charge in [0.05, 0.1) is 25.4 Å². The van der Waals surface area contributed by atoms with Crippen LogP contribution in [0.5, 0.6) is 0 Å². The Morgan fingerprint density at radius 3 is 3.17 bits per heavy atom. The van der Waals surface area contributed by atoms with Crippen molar-refractivity contribution >= 4 is 23.8 Å². The molecule has 0 aromatic carbocycles. The van der Waals surface area contributed by atoms with Crippen molar-refractivity contribution in [2.24, 2.45) is 0 Å². The Morgan fingerprint density at radius 1 is 1.61 bits per heavy atom. The van der Waals surface area contributed by atoms with Gasteiger partial charge < -0.3 is 14.8 Å². The molecule has 0 unspecified atom stereocenters. The maximum absolute atomic E-state index is 11.5. The van der Waals surface area contributed by atoms with Crippen molar-refractivity contribution in [2.75, 3.05) is 6.61 Å². The summed E-state index contributed by atoms with van der Waals surface area (Å²) in [4.78, 5) is 22.1. The number of ether oxygens (including phenoxy) is 1. The first-order valence-corrected chi connectivity index (χ1v) is 6.07. The van der Waals surface area contributed by atoms with Crippen LogP contribution in [0.25, 0.3) is 11.2 Å². The van der Waals surface area contributed by atoms with Gasteiger partial charge in [-0.1, -0.05) is 0 Å². The summed E-state index contributed by atoms with van der Waals surface area (Å²) in [6, 6.07) is 0. The number of hydrogen-bond acceptors (Lipinski definition) is 6. The molecule has 2 N–H and O–H groups in total. The molecule has 3 rings (SSSR count). The number of nitrogens with zero attached hydrogens (tertiary/aromatic N) is 3. The molecule has 7 nitrogen and oxygen atoms in total. The highest BCUT2D eigenvalue weighted by molar-refractivity contribution is 7.81. The zero-order valence-corrected chi connectivity index (χ0v) is 10.2. The number of aromatic nitrogens is 4. The number of aliphatic hydroxyl groups is 1. The third kappa shape index (κ3) is 1.73. The molecular weight excluding hydrogens is 256 g/mol. The Balaban J connectivity index is 2.05. The summed E-state index contributed by atoms with van der Waals surface area (Å²) in [6.07, 6.45) is 2.88. The quantitative estimate of drug-likeness (QED) is 0.650. The molecule has 0 aliphatic carbocycles. The van der Waals surface area contributed by atoms with E-state index in [4.69, 9.17) is 9.84 Å². The van der Waals surface area contributed by atoms with Crippen molar-refractivity contribution < 1.29 is 9.84 Å². The van der Waals surface area contributed by atoms with Crippen LogP contribution in [0.2, 0.25) is 0 Å². The van der Waals surface area contributed by atoms with Gasteiger partial charge in [0.1, 0.15) is 6.23 Å². The molecule has 0 spiro atoms. The first kappa shape index (κ1) is 11.7. The number of H-pyrrole nitrogens is 1. The van der Waals surface area contributed by atoms with Crippen molar-refractivity contribution in [1.82, 2.24) is 19.5 Å². The van der Waals surface area contributed by atoms with Crippen molar-refractivity contribution in [3.8, 4) is 0 Å². The van der Waals surface area contributed by atoms with Crippen LogP contribution in [0.15, 0.2) is 17.4 Å². The van der Waals surface area contributed by atoms with Crippen molar-refractivity contribution in [2.45, 2.75) is 24.0 Å². The number of hydrogen-bond donors (Lipinski definition) is 3. The van der Waals surface area contributed by atoms with E-state index in [9.17, 15) is 4.79 Å². The second-order valence-electron chi connectivity index (χ2n) is 4.19. The molecule has 1 aliphatic heterocycles. The van der Waals surface area contributed by atoms with E-state index in [1.54, 1.807) is 4.57 Å². The summed E-state index contributed by atoms with van der Waals surface area (Å²) in [7, 11) is 0. The third-order valence-electron chi connectivity index (χ3n) is 3.01. The topological polar surface area (TPSA) is 93.0 Å². The zero-order chi connectivity index (χ0) is 12.7. The monoisotopic (exact) mass is 268 g/mol. The van der Waals surface area contributed by atoms with Gasteiger partial charge in [-0.3, -0.25) is 9.36 Å². The predicted octanol–water partition coefficient (Wildman–Crippen LogP) is -0.302. The third-order valence-corrected chi connectivity index (χ3v) is 3.47. The lowest BCUT2D eigenvalue weighted by molar-refractivity contribution is -0.0195. The van der Waals surface area contributed by atoms with Crippen LogP contribution in [-0.4, -0.2) is 42.6 Å². The van der Waals surface area contributed by atoms with Gasteiger partial charge in [0.25, 0.3) is 5.56 Å². The normalized spacial score (nSPS) is 28.0. The predicted molar refractivity (Wildman–Crippen MR) is 66.5 cm³/mol. The van der Waals surface area contributed by atoms with Gasteiger partial charge >= 0.3 is 0 Å². The second-order valence-corrected chi connectivity index (χ2v) is 4.85. The van der Waals surface area contributed by atoms with Gasteiger partial charge in [0, 0.05) is 5.25 Å². The SMILES string of the molecule is O=c1[nH]cnc2c1ncn2[C@@H]1O[C@H](CO)C[C@H]1S. The number of nitrogens with one attached hydrogen (secondary N) is 1. The van der Waals surface area contributed by atoms with Crippen LogP contribution in [0.3, 0.4) is 0 Å². The Morgan fingerprint density at radius 2 is 2.44 bits per heavy atom. The highest BCUT2D eigenvalue weighted by atomic mass is 32.1. The zero-order valence-electron chi connectivity index (χ0n) is 9.35. The molecule has 8 heteroatoms. The molecule has 1 aliphatic rings. The largest absolute Gasteiger partial charge is 0.394 e. The second kappa shape index (κ2) is 4.38. The lowest BCUT2D eigenvalue weighted by Gasteiger charge is -2.16. The Bertz CT molecular complexity index is 625. The first-order valence-electron chi connectivity index (χ1n) is 5.55. The Labute approximate surface area is 107 Å². The van der Waals surface area contributed by atoms with Crippen molar-refractivity contribution in [3.05, 3.63) is 23.0 Å². The van der Waals surface area contributed by atoms with E-state index in [1.807, 2.05) is 0 Å². The summed E-state index contributed by atoms with van der Waals surface area (Å²) < 4.78 is 7.34. The molecule has 0 bridgehead atoms. The molecule has 0 saturated carbocycles. The van der Waals surface area contributed by atoms with Gasteiger partial charge in [-0.05, 0) is 6.42 Å². The van der Waals surface area contributed by atoms with Crippen LogP contribution >= 0.6 is 12.6 Å². The summed E-state index contributed by atoms with van der Waals surface area (Å²) in [5.74, 6) is 0. The number of thiol groups is 1. The molecule has 3 atom stereocenters. The van der Waals surface area contributed by atoms with E-state index in [0.717, 1.165) is 0 Å². The fraction of sp³-hybridized carbons (Fsp3) is 0.500. The van der Waals surface area contributed by atoms with Crippen LogP contribution in [0.1, 0.15) is 12.6 Å². The molecule has 2 aromatic heterocycles. The van der Waals surface area contributed by atoms with Crippen LogP contribution in [0, 0.1) is 0 Å². The number of imidazole rings is 1. The van der Waals surface area contributed by atoms with E-state index in [0.29, 0.717) is 12.1 Å². The fourth-order valence-electron chi connectivity index (χ4n) is 2.15. The van der Waals surface area contributed by atoms with Gasteiger partial charge in [-0.2, -0.15) is 12.6 Å².